The number of carbonyl (C=O) groups is 2. The van der Waals surface area contributed by atoms with E-state index in [1.54, 1.807) is 12.1 Å². The van der Waals surface area contributed by atoms with Crippen LogP contribution in [-0.2, 0) is 4.79 Å². The molecule has 5 nitrogen and oxygen atoms in total. The number of rotatable bonds is 4. The van der Waals surface area contributed by atoms with E-state index in [1.807, 2.05) is 0 Å². The summed E-state index contributed by atoms with van der Waals surface area (Å²) < 4.78 is 13.3. The van der Waals surface area contributed by atoms with Crippen LogP contribution in [0.15, 0.2) is 24.3 Å². The van der Waals surface area contributed by atoms with Gasteiger partial charge in [-0.25, -0.2) is 9.18 Å². The molecule has 1 heterocycles. The van der Waals surface area contributed by atoms with Gasteiger partial charge in [-0.3, -0.25) is 4.79 Å². The summed E-state index contributed by atoms with van der Waals surface area (Å²) in [6.45, 7) is 2.17. The second-order valence-corrected chi connectivity index (χ2v) is 11.1. The fourth-order valence-corrected chi connectivity index (χ4v) is 9.42. The van der Waals surface area contributed by atoms with Gasteiger partial charge in [0.15, 0.2) is 0 Å². The van der Waals surface area contributed by atoms with Crippen LogP contribution in [0.1, 0.15) is 25.7 Å². The van der Waals surface area contributed by atoms with E-state index in [0.717, 1.165) is 61.4 Å². The number of hydrogen-bond donors (Lipinski definition) is 2. The molecule has 0 aromatic heterocycles. The second-order valence-electron chi connectivity index (χ2n) is 11.1. The van der Waals surface area contributed by atoms with E-state index in [4.69, 9.17) is 0 Å². The molecule has 0 radical (unpaired) electrons. The van der Waals surface area contributed by atoms with Crippen molar-refractivity contribution in [3.63, 3.8) is 0 Å². The third kappa shape index (κ3) is 2.48. The molecule has 1 saturated heterocycles. The summed E-state index contributed by atoms with van der Waals surface area (Å²) >= 11 is 0. The minimum atomic E-state index is -0.372. The Balaban J connectivity index is 0.970. The van der Waals surface area contributed by atoms with Crippen LogP contribution in [0.25, 0.3) is 0 Å². The van der Waals surface area contributed by atoms with E-state index in [2.05, 4.69) is 15.5 Å². The molecule has 6 fully saturated rings. The van der Waals surface area contributed by atoms with Crippen LogP contribution in [0, 0.1) is 65.0 Å². The number of hydrogen-bond acceptors (Lipinski definition) is 2. The quantitative estimate of drug-likeness (QED) is 0.778. The van der Waals surface area contributed by atoms with Crippen LogP contribution in [0.2, 0.25) is 0 Å². The Bertz CT molecular complexity index is 946. The minimum absolute atomic E-state index is 0.286. The maximum absolute atomic E-state index is 13.7. The maximum Gasteiger partial charge on any atom is 0.319 e. The zero-order valence-electron chi connectivity index (χ0n) is 17.7. The molecule has 10 unspecified atom stereocenters. The molecule has 31 heavy (non-hydrogen) atoms. The van der Waals surface area contributed by atoms with Crippen molar-refractivity contribution in [2.45, 2.75) is 25.7 Å². The molecule has 5 aliphatic carbocycles. The van der Waals surface area contributed by atoms with E-state index >= 15 is 0 Å². The molecule has 1 aliphatic heterocycles. The van der Waals surface area contributed by atoms with Gasteiger partial charge < -0.3 is 15.5 Å². The van der Waals surface area contributed by atoms with E-state index < -0.39 is 0 Å². The van der Waals surface area contributed by atoms with E-state index in [9.17, 15) is 14.0 Å². The standard InChI is InChI=1S/C25H30FN3O2/c26-13-4-1-5-14(7-13)28-25(31)27-10-12-3-2-6-29(11-12)24(30)23-20-16-9-17-19-15(16)8-18(20)21(19)22(17)23/h1,4-5,7,12,15-23H,2-3,6,8-11H2,(H2,27,28,31). The van der Waals surface area contributed by atoms with Crippen molar-refractivity contribution in [1.82, 2.24) is 10.2 Å². The van der Waals surface area contributed by atoms with Crippen LogP contribution < -0.4 is 10.6 Å². The van der Waals surface area contributed by atoms with Gasteiger partial charge in [-0.15, -0.1) is 0 Å². The highest BCUT2D eigenvalue weighted by Gasteiger charge is 2.81. The Labute approximate surface area is 182 Å². The van der Waals surface area contributed by atoms with Gasteiger partial charge in [0.2, 0.25) is 5.91 Å². The predicted molar refractivity (Wildman–Crippen MR) is 113 cm³/mol. The molecule has 1 aromatic carbocycles. The topological polar surface area (TPSA) is 61.4 Å². The van der Waals surface area contributed by atoms with Gasteiger partial charge in [-0.1, -0.05) is 6.07 Å². The molecule has 0 spiro atoms. The normalized spacial score (nSPS) is 45.1. The van der Waals surface area contributed by atoms with Crippen LogP contribution >= 0.6 is 0 Å². The van der Waals surface area contributed by atoms with Gasteiger partial charge in [0.1, 0.15) is 5.82 Å². The number of fused-ring (bicyclic) bond motifs is 2. The third-order valence-corrected chi connectivity index (χ3v) is 10.1. The van der Waals surface area contributed by atoms with Crippen LogP contribution in [-0.4, -0.2) is 36.5 Å². The van der Waals surface area contributed by atoms with Gasteiger partial charge >= 0.3 is 6.03 Å². The van der Waals surface area contributed by atoms with Gasteiger partial charge in [-0.05, 0) is 97.1 Å². The summed E-state index contributed by atoms with van der Waals surface area (Å²) in [7, 11) is 0. The first kappa shape index (κ1) is 18.5. The van der Waals surface area contributed by atoms with Gasteiger partial charge in [0.25, 0.3) is 0 Å². The Kier molecular flexibility index (Phi) is 3.84. The third-order valence-electron chi connectivity index (χ3n) is 10.1. The number of anilines is 1. The van der Waals surface area contributed by atoms with Crippen molar-refractivity contribution in [1.29, 1.82) is 0 Å². The minimum Gasteiger partial charge on any atom is -0.342 e. The highest BCUT2D eigenvalue weighted by molar-refractivity contribution is 5.89. The highest BCUT2D eigenvalue weighted by atomic mass is 19.1. The lowest BCUT2D eigenvalue weighted by Gasteiger charge is -2.48. The summed E-state index contributed by atoms with van der Waals surface area (Å²) in [6, 6.07) is 5.58. The van der Waals surface area contributed by atoms with Crippen LogP contribution in [0.4, 0.5) is 14.9 Å². The molecule has 7 rings (SSSR count). The van der Waals surface area contributed by atoms with Crippen molar-refractivity contribution in [3.05, 3.63) is 30.1 Å². The fraction of sp³-hybridized carbons (Fsp3) is 0.680. The molecule has 1 aromatic rings. The van der Waals surface area contributed by atoms with Crippen molar-refractivity contribution in [2.24, 2.45) is 59.2 Å². The zero-order valence-corrected chi connectivity index (χ0v) is 17.7. The number of carbonyl (C=O) groups excluding carboxylic acids is 2. The van der Waals surface area contributed by atoms with Crippen LogP contribution in [0.5, 0.6) is 0 Å². The molecule has 10 atom stereocenters. The van der Waals surface area contributed by atoms with Gasteiger partial charge in [0.05, 0.1) is 0 Å². The first-order chi connectivity index (χ1) is 15.1. The molecular weight excluding hydrogens is 393 g/mol. The number of urea groups is 1. The molecule has 6 aliphatic rings. The molecule has 2 N–H and O–H groups in total. The predicted octanol–water partition coefficient (Wildman–Crippen LogP) is 3.58. The molecule has 6 heteroatoms. The maximum atomic E-state index is 13.7. The number of benzene rings is 1. The Morgan fingerprint density at radius 3 is 2.68 bits per heavy atom. The average Bonchev–Trinajstić information content (AvgIpc) is 3.32. The summed E-state index contributed by atoms with van der Waals surface area (Å²) in [4.78, 5) is 28.0. The number of nitrogens with one attached hydrogen (secondary N) is 2. The Morgan fingerprint density at radius 2 is 1.84 bits per heavy atom. The first-order valence-corrected chi connectivity index (χ1v) is 12.2. The van der Waals surface area contributed by atoms with E-state index in [-0.39, 0.29) is 17.8 Å². The summed E-state index contributed by atoms with van der Waals surface area (Å²) in [6.07, 6.45) is 4.89. The number of halogens is 1. The smallest absolute Gasteiger partial charge is 0.319 e. The Hall–Kier alpha value is -2.11. The number of nitrogens with zero attached hydrogens (tertiary/aromatic N) is 1. The molecule has 2 bridgehead atoms. The molecular formula is C25H30FN3O2. The molecule has 5 saturated carbocycles. The van der Waals surface area contributed by atoms with E-state index in [0.29, 0.717) is 35.9 Å². The lowest BCUT2D eigenvalue weighted by molar-refractivity contribution is -0.145. The SMILES string of the molecule is O=C(NCC1CCCN(C(=O)C2C3C4CC5C6C4CC3C6C52)C1)Nc1cccc(F)c1. The van der Waals surface area contributed by atoms with Crippen molar-refractivity contribution < 1.29 is 14.0 Å². The molecule has 164 valence electrons. The lowest BCUT2D eigenvalue weighted by atomic mass is 9.57. The molecule has 3 amide bonds. The lowest BCUT2D eigenvalue weighted by Crippen LogP contribution is -2.52. The summed E-state index contributed by atoms with van der Waals surface area (Å²) in [5.74, 6) is 7.50. The zero-order chi connectivity index (χ0) is 20.9. The number of likely N-dealkylation sites (tertiary alicyclic amines) is 1. The fourth-order valence-electron chi connectivity index (χ4n) is 9.42. The number of amides is 3. The largest absolute Gasteiger partial charge is 0.342 e. The van der Waals surface area contributed by atoms with E-state index in [1.165, 1.54) is 25.0 Å². The van der Waals surface area contributed by atoms with Gasteiger partial charge in [0, 0.05) is 31.2 Å². The monoisotopic (exact) mass is 423 g/mol. The second kappa shape index (κ2) is 6.46. The van der Waals surface area contributed by atoms with Crippen molar-refractivity contribution >= 4 is 17.6 Å². The van der Waals surface area contributed by atoms with Crippen LogP contribution in [0.3, 0.4) is 0 Å². The summed E-state index contributed by atoms with van der Waals surface area (Å²) in [5, 5.41) is 5.61. The first-order valence-electron chi connectivity index (χ1n) is 12.2. The number of piperidine rings is 1. The van der Waals surface area contributed by atoms with Crippen molar-refractivity contribution in [3.8, 4) is 0 Å². The average molecular weight is 424 g/mol. The summed E-state index contributed by atoms with van der Waals surface area (Å²) in [5.41, 5.74) is 0.445. The van der Waals surface area contributed by atoms with Crippen molar-refractivity contribution in [2.75, 3.05) is 25.0 Å². The Morgan fingerprint density at radius 1 is 1.03 bits per heavy atom. The highest BCUT2D eigenvalue weighted by Crippen LogP contribution is 2.84. The van der Waals surface area contributed by atoms with Gasteiger partial charge in [-0.2, -0.15) is 0 Å².